The highest BCUT2D eigenvalue weighted by Crippen LogP contribution is 2.55. The fraction of sp³-hybridized carbons (Fsp3) is 0.500. The molecule has 0 atom stereocenters. The van der Waals surface area contributed by atoms with Gasteiger partial charge in [0.1, 0.15) is 28.7 Å². The lowest BCUT2D eigenvalue weighted by Crippen LogP contribution is -2.43. The van der Waals surface area contributed by atoms with Gasteiger partial charge >= 0.3 is 6.09 Å². The van der Waals surface area contributed by atoms with Crippen LogP contribution in [0.15, 0.2) is 30.5 Å². The molecule has 3 heterocycles. The molecule has 37 heavy (non-hydrogen) atoms. The summed E-state index contributed by atoms with van der Waals surface area (Å²) in [7, 11) is 0. The van der Waals surface area contributed by atoms with Crippen molar-refractivity contribution in [1.29, 1.82) is 5.26 Å². The maximum atomic E-state index is 12.5. The van der Waals surface area contributed by atoms with Gasteiger partial charge in [-0.25, -0.2) is 9.48 Å². The summed E-state index contributed by atoms with van der Waals surface area (Å²) in [6, 6.07) is 10.7. The van der Waals surface area contributed by atoms with Gasteiger partial charge in [0, 0.05) is 24.8 Å². The Labute approximate surface area is 217 Å². The number of hydrogen-bond acceptors (Lipinski definition) is 6. The molecule has 3 aromatic rings. The van der Waals surface area contributed by atoms with Crippen molar-refractivity contribution < 1.29 is 9.53 Å². The molecule has 1 amide bonds. The normalized spacial score (nSPS) is 21.2. The van der Waals surface area contributed by atoms with E-state index in [4.69, 9.17) is 15.6 Å². The molecule has 0 unspecified atom stereocenters. The van der Waals surface area contributed by atoms with Crippen molar-refractivity contribution in [2.45, 2.75) is 72.1 Å². The summed E-state index contributed by atoms with van der Waals surface area (Å²) in [6.07, 6.45) is 4.37. The van der Waals surface area contributed by atoms with E-state index in [0.29, 0.717) is 36.7 Å². The molecule has 2 aliphatic rings. The fourth-order valence-corrected chi connectivity index (χ4v) is 5.72. The van der Waals surface area contributed by atoms with Crippen LogP contribution in [-0.4, -0.2) is 49.2 Å². The lowest BCUT2D eigenvalue weighted by atomic mass is 9.65. The number of nitrogens with zero attached hydrogens (tertiary/aromatic N) is 6. The maximum Gasteiger partial charge on any atom is 0.410 e. The van der Waals surface area contributed by atoms with Crippen molar-refractivity contribution in [2.24, 2.45) is 5.41 Å². The van der Waals surface area contributed by atoms with Crippen LogP contribution in [-0.2, 0) is 11.3 Å². The Morgan fingerprint density at radius 2 is 2.03 bits per heavy atom. The van der Waals surface area contributed by atoms with Crippen molar-refractivity contribution in [3.63, 3.8) is 0 Å². The zero-order valence-corrected chi connectivity index (χ0v) is 22.3. The van der Waals surface area contributed by atoms with E-state index in [1.807, 2.05) is 54.2 Å². The monoisotopic (exact) mass is 501 g/mol. The number of likely N-dealkylation sites (tertiary alicyclic amines) is 1. The summed E-state index contributed by atoms with van der Waals surface area (Å²) in [5.74, 6) is 0.394. The second-order valence-corrected chi connectivity index (χ2v) is 11.7. The maximum absolute atomic E-state index is 12.5. The molecule has 1 spiro atoms. The second-order valence-electron chi connectivity index (χ2n) is 11.7. The first-order valence-corrected chi connectivity index (χ1v) is 12.8. The zero-order chi connectivity index (χ0) is 26.5. The van der Waals surface area contributed by atoms with Gasteiger partial charge in [0.05, 0.1) is 18.3 Å². The van der Waals surface area contributed by atoms with Gasteiger partial charge in [-0.2, -0.15) is 15.5 Å². The third-order valence-electron chi connectivity index (χ3n) is 7.46. The van der Waals surface area contributed by atoms with Gasteiger partial charge in [0.2, 0.25) is 0 Å². The first kappa shape index (κ1) is 24.9. The molecule has 194 valence electrons. The summed E-state index contributed by atoms with van der Waals surface area (Å²) in [4.78, 5) is 14.3. The van der Waals surface area contributed by atoms with Gasteiger partial charge < -0.3 is 15.4 Å². The van der Waals surface area contributed by atoms with E-state index in [9.17, 15) is 10.1 Å². The van der Waals surface area contributed by atoms with Crippen LogP contribution in [0.2, 0.25) is 0 Å². The predicted octanol–water partition coefficient (Wildman–Crippen LogP) is 4.83. The standard InChI is InChI=1S/C28H35N7O2/c1-18-7-6-8-20(11-18)15-34-16-23(19(2)31-34)24-22(14-29)25(30)35(32-24)21-12-28(13-21)9-10-33(17-28)26(36)37-27(3,4)5/h6-8,11,16,21H,9-10,12-13,15,17,30H2,1-5H3. The van der Waals surface area contributed by atoms with Crippen LogP contribution >= 0.6 is 0 Å². The first-order valence-electron chi connectivity index (χ1n) is 12.8. The van der Waals surface area contributed by atoms with E-state index >= 15 is 0 Å². The van der Waals surface area contributed by atoms with Crippen molar-refractivity contribution in [3.05, 3.63) is 52.8 Å². The van der Waals surface area contributed by atoms with E-state index in [-0.39, 0.29) is 17.6 Å². The number of aryl methyl sites for hydroxylation is 2. The molecule has 1 aliphatic heterocycles. The number of rotatable bonds is 4. The minimum absolute atomic E-state index is 0.0571. The molecule has 2 fully saturated rings. The summed E-state index contributed by atoms with van der Waals surface area (Å²) in [5.41, 5.74) is 11.0. The molecular weight excluding hydrogens is 466 g/mol. The van der Waals surface area contributed by atoms with Crippen LogP contribution in [0.4, 0.5) is 10.6 Å². The van der Waals surface area contributed by atoms with E-state index in [1.54, 1.807) is 0 Å². The Hall–Kier alpha value is -3.80. The molecule has 1 saturated carbocycles. The zero-order valence-electron chi connectivity index (χ0n) is 22.3. The smallest absolute Gasteiger partial charge is 0.410 e. The van der Waals surface area contributed by atoms with Crippen LogP contribution in [0.3, 0.4) is 0 Å². The van der Waals surface area contributed by atoms with Gasteiger partial charge in [-0.3, -0.25) is 4.68 Å². The van der Waals surface area contributed by atoms with Crippen LogP contribution in [0, 0.1) is 30.6 Å². The number of anilines is 1. The van der Waals surface area contributed by atoms with Gasteiger partial charge in [-0.15, -0.1) is 0 Å². The molecule has 9 nitrogen and oxygen atoms in total. The van der Waals surface area contributed by atoms with E-state index < -0.39 is 5.60 Å². The summed E-state index contributed by atoms with van der Waals surface area (Å²) >= 11 is 0. The molecule has 1 aliphatic carbocycles. The molecular formula is C28H35N7O2. The number of hydrogen-bond donors (Lipinski definition) is 1. The number of ether oxygens (including phenoxy) is 1. The van der Waals surface area contributed by atoms with Gasteiger partial charge in [-0.05, 0) is 64.9 Å². The van der Waals surface area contributed by atoms with E-state index in [2.05, 4.69) is 36.3 Å². The highest BCUT2D eigenvalue weighted by molar-refractivity contribution is 5.74. The Balaban J connectivity index is 1.32. The number of nitriles is 1. The van der Waals surface area contributed by atoms with E-state index in [0.717, 1.165) is 36.1 Å². The molecule has 1 aromatic carbocycles. The average Bonchev–Trinajstić information content (AvgIpc) is 3.47. The number of benzene rings is 1. The highest BCUT2D eigenvalue weighted by atomic mass is 16.6. The SMILES string of the molecule is Cc1cccc(Cn2cc(-c3nn(C4CC5(CCN(C(=O)OC(C)(C)C)C5)C4)c(N)c3C#N)c(C)n2)c1. The van der Waals surface area contributed by atoms with Crippen molar-refractivity contribution in [2.75, 3.05) is 18.8 Å². The molecule has 1 saturated heterocycles. The first-order chi connectivity index (χ1) is 17.5. The van der Waals surface area contributed by atoms with E-state index in [1.165, 1.54) is 5.56 Å². The number of carbonyl (C=O) groups is 1. The number of nitrogen functional groups attached to an aromatic ring is 1. The summed E-state index contributed by atoms with van der Waals surface area (Å²) in [6.45, 7) is 11.7. The predicted molar refractivity (Wildman–Crippen MR) is 141 cm³/mol. The number of aromatic nitrogens is 4. The van der Waals surface area contributed by atoms with Crippen molar-refractivity contribution >= 4 is 11.9 Å². The Morgan fingerprint density at radius 3 is 2.70 bits per heavy atom. The number of nitrogens with two attached hydrogens (primary N) is 1. The van der Waals surface area contributed by atoms with Crippen LogP contribution in [0.25, 0.3) is 11.3 Å². The molecule has 9 heteroatoms. The lowest BCUT2D eigenvalue weighted by molar-refractivity contribution is 0.0188. The summed E-state index contributed by atoms with van der Waals surface area (Å²) < 4.78 is 9.26. The van der Waals surface area contributed by atoms with Gasteiger partial charge in [0.25, 0.3) is 0 Å². The minimum atomic E-state index is -0.505. The van der Waals surface area contributed by atoms with Gasteiger partial charge in [-0.1, -0.05) is 29.8 Å². The Bertz CT molecular complexity index is 1380. The minimum Gasteiger partial charge on any atom is -0.444 e. The van der Waals surface area contributed by atoms with Crippen LogP contribution in [0.5, 0.6) is 0 Å². The molecule has 2 aromatic heterocycles. The molecule has 0 bridgehead atoms. The third-order valence-corrected chi connectivity index (χ3v) is 7.46. The Morgan fingerprint density at radius 1 is 1.27 bits per heavy atom. The lowest BCUT2D eigenvalue weighted by Gasteiger charge is -2.45. The van der Waals surface area contributed by atoms with Crippen molar-refractivity contribution in [3.8, 4) is 17.3 Å². The number of carbonyl (C=O) groups excluding carboxylic acids is 1. The second kappa shape index (κ2) is 8.94. The molecule has 5 rings (SSSR count). The largest absolute Gasteiger partial charge is 0.444 e. The quantitative estimate of drug-likeness (QED) is 0.548. The summed E-state index contributed by atoms with van der Waals surface area (Å²) in [5, 5.41) is 19.5. The topological polar surface area (TPSA) is 115 Å². The third kappa shape index (κ3) is 4.80. The van der Waals surface area contributed by atoms with Crippen LogP contribution in [0.1, 0.15) is 68.5 Å². The Kier molecular flexibility index (Phi) is 6.01. The highest BCUT2D eigenvalue weighted by Gasteiger charge is 2.51. The average molecular weight is 502 g/mol. The van der Waals surface area contributed by atoms with Crippen molar-refractivity contribution in [1.82, 2.24) is 24.5 Å². The fourth-order valence-electron chi connectivity index (χ4n) is 5.72. The van der Waals surface area contributed by atoms with Gasteiger partial charge in [0.15, 0.2) is 0 Å². The molecule has 0 radical (unpaired) electrons. The number of amides is 1. The molecule has 2 N–H and O–H groups in total. The van der Waals surface area contributed by atoms with Crippen LogP contribution < -0.4 is 5.73 Å².